The Labute approximate surface area is 477 Å². The van der Waals surface area contributed by atoms with Gasteiger partial charge in [0.2, 0.25) is 0 Å². The van der Waals surface area contributed by atoms with Crippen molar-refractivity contribution in [1.82, 2.24) is 39.9 Å². The lowest BCUT2D eigenvalue weighted by Gasteiger charge is -2.41. The minimum atomic E-state index is -0.642. The van der Waals surface area contributed by atoms with Crippen LogP contribution in [0, 0.1) is 5.41 Å². The van der Waals surface area contributed by atoms with Crippen molar-refractivity contribution in [3.05, 3.63) is 128 Å². The SMILES string of the molecule is CC1(CN)CCN(c2cnc(-c3cccc(Cl)c3Cl)c(N)n2)CC1.CC1(N)CCN(c2cnc(-c3cccc(Cl)c3Cl)c(N)n2)CC1O.NCC1(c2cnccn2)CCN(c2cnc(-c3cccc(Cl)c3Cl)c(N)n2)CC1. The minimum absolute atomic E-state index is 0.169. The van der Waals surface area contributed by atoms with E-state index in [4.69, 9.17) is 104 Å². The quantitative estimate of drug-likeness (QED) is 0.0708. The number of nitrogen functional groups attached to an aromatic ring is 3. The third kappa shape index (κ3) is 12.9. The number of halogens is 6. The largest absolute Gasteiger partial charge is 0.389 e. The highest BCUT2D eigenvalue weighted by atomic mass is 35.5. The molecule has 0 bridgehead atoms. The van der Waals surface area contributed by atoms with E-state index >= 15 is 0 Å². The van der Waals surface area contributed by atoms with Crippen LogP contribution in [0.2, 0.25) is 30.1 Å². The van der Waals surface area contributed by atoms with Gasteiger partial charge in [-0.2, -0.15) is 0 Å². The Balaban J connectivity index is 0.000000154. The summed E-state index contributed by atoms with van der Waals surface area (Å²) < 4.78 is 0. The summed E-state index contributed by atoms with van der Waals surface area (Å²) in [6.45, 7) is 9.73. The number of aliphatic hydroxyl groups excluding tert-OH is 1. The Morgan fingerprint density at radius 3 is 1.30 bits per heavy atom. The van der Waals surface area contributed by atoms with Gasteiger partial charge < -0.3 is 54.2 Å². The summed E-state index contributed by atoms with van der Waals surface area (Å²) in [6.07, 6.45) is 14.1. The zero-order valence-electron chi connectivity index (χ0n) is 42.5. The van der Waals surface area contributed by atoms with Gasteiger partial charge in [0.1, 0.15) is 34.5 Å². The second-order valence-corrected chi connectivity index (χ2v) is 22.3. The molecule has 3 saturated heterocycles. The highest BCUT2D eigenvalue weighted by Crippen LogP contribution is 2.40. The number of nitrogens with two attached hydrogens (primary N) is 6. The third-order valence-corrected chi connectivity index (χ3v) is 17.2. The first-order valence-electron chi connectivity index (χ1n) is 24.9. The van der Waals surface area contributed by atoms with Crippen LogP contribution in [-0.4, -0.2) is 109 Å². The molecule has 3 fully saturated rings. The maximum absolute atomic E-state index is 10.2. The summed E-state index contributed by atoms with van der Waals surface area (Å²) in [5.41, 5.74) is 40.4. The van der Waals surface area contributed by atoms with Gasteiger partial charge in [0, 0.05) is 92.0 Å². The van der Waals surface area contributed by atoms with Gasteiger partial charge in [0.05, 0.1) is 60.5 Å². The third-order valence-electron chi connectivity index (χ3n) is 14.7. The molecule has 406 valence electrons. The highest BCUT2D eigenvalue weighted by Gasteiger charge is 2.38. The minimum Gasteiger partial charge on any atom is -0.389 e. The van der Waals surface area contributed by atoms with Crippen LogP contribution in [0.15, 0.2) is 91.8 Å². The van der Waals surface area contributed by atoms with Crippen molar-refractivity contribution in [2.75, 3.05) is 84.3 Å². The first kappa shape index (κ1) is 57.5. The van der Waals surface area contributed by atoms with Crippen LogP contribution in [0.5, 0.6) is 0 Å². The standard InChI is InChI=1S/C20H21Cl2N7.C17H21Cl2N5.C16H19Cl2N5O/c21-14-3-1-2-13(17(14)22)18-19(24)28-16(11-27-18)29-8-4-20(12-23,5-9-29)15-10-25-6-7-26-15;1-17(10-20)5-7-24(8-6-17)13-9-22-15(16(21)23-13)11-3-2-4-12(18)14(11)19;1-16(20)5-6-23(8-11(16)24)12-7-21-14(15(19)22-12)9-3-2-4-10(17)13(9)18/h1-3,6-7,10-11H,4-5,8-9,12,23H2,(H2,24,28);2-4,9H,5-8,10,20H2,1H3,(H2,21,23);2-4,7,11,24H,5-6,8,20H2,1H3,(H2,19,22). The van der Waals surface area contributed by atoms with Crippen molar-refractivity contribution >= 4 is 105 Å². The van der Waals surface area contributed by atoms with Crippen molar-refractivity contribution in [2.45, 2.75) is 63.0 Å². The number of rotatable bonds is 9. The summed E-state index contributed by atoms with van der Waals surface area (Å²) >= 11 is 37.0. The number of piperidine rings is 3. The predicted molar refractivity (Wildman–Crippen MR) is 314 cm³/mol. The van der Waals surface area contributed by atoms with Crippen LogP contribution in [0.3, 0.4) is 0 Å². The Bertz CT molecular complexity index is 3170. The molecule has 0 amide bonds. The fourth-order valence-corrected chi connectivity index (χ4v) is 10.5. The first-order chi connectivity index (χ1) is 36.8. The van der Waals surface area contributed by atoms with Gasteiger partial charge in [-0.15, -0.1) is 0 Å². The molecule has 2 atom stereocenters. The second-order valence-electron chi connectivity index (χ2n) is 20.0. The summed E-state index contributed by atoms with van der Waals surface area (Å²) in [7, 11) is 0. The Kier molecular flexibility index (Phi) is 18.4. The average molecular weight is 1160 g/mol. The van der Waals surface area contributed by atoms with Crippen molar-refractivity contribution < 1.29 is 5.11 Å². The van der Waals surface area contributed by atoms with Gasteiger partial charge in [0.25, 0.3) is 0 Å². The molecule has 0 spiro atoms. The molecule has 3 aliphatic rings. The molecular weight excluding hydrogens is 1100 g/mol. The fourth-order valence-electron chi connectivity index (χ4n) is 9.36. The van der Waals surface area contributed by atoms with E-state index in [1.165, 1.54) is 0 Å². The van der Waals surface area contributed by atoms with E-state index in [0.717, 1.165) is 69.2 Å². The molecule has 13 N–H and O–H groups in total. The highest BCUT2D eigenvalue weighted by molar-refractivity contribution is 6.45. The maximum Gasteiger partial charge on any atom is 0.152 e. The van der Waals surface area contributed by atoms with Gasteiger partial charge >= 0.3 is 0 Å². The molecule has 0 aliphatic carbocycles. The lowest BCUT2D eigenvalue weighted by molar-refractivity contribution is 0.0792. The van der Waals surface area contributed by atoms with Crippen LogP contribution in [-0.2, 0) is 5.41 Å². The number of hydrogen-bond donors (Lipinski definition) is 7. The molecule has 7 heterocycles. The van der Waals surface area contributed by atoms with Gasteiger partial charge in [-0.1, -0.05) is 113 Å². The summed E-state index contributed by atoms with van der Waals surface area (Å²) in [6, 6.07) is 16.0. The molecule has 7 aromatic rings. The van der Waals surface area contributed by atoms with Crippen LogP contribution >= 0.6 is 69.6 Å². The van der Waals surface area contributed by atoms with E-state index in [1.54, 1.807) is 61.3 Å². The van der Waals surface area contributed by atoms with Crippen molar-refractivity contribution in [3.8, 4) is 33.8 Å². The topological polar surface area (TPSA) is 289 Å². The van der Waals surface area contributed by atoms with E-state index in [-0.39, 0.29) is 16.6 Å². The predicted octanol–water partition coefficient (Wildman–Crippen LogP) is 9.24. The van der Waals surface area contributed by atoms with Crippen molar-refractivity contribution in [3.63, 3.8) is 0 Å². The van der Waals surface area contributed by atoms with Gasteiger partial charge in [-0.05, 0) is 69.2 Å². The molecule has 3 aromatic carbocycles. The molecule has 77 heavy (non-hydrogen) atoms. The normalized spacial score (nSPS) is 18.9. The monoisotopic (exact) mass is 1160 g/mol. The van der Waals surface area contributed by atoms with E-state index in [2.05, 4.69) is 56.6 Å². The average Bonchev–Trinajstić information content (AvgIpc) is 3.43. The number of anilines is 6. The van der Waals surface area contributed by atoms with E-state index in [1.807, 2.05) is 42.3 Å². The molecule has 0 radical (unpaired) electrons. The number of aliphatic hydroxyl groups is 1. The second kappa shape index (κ2) is 24.6. The molecule has 24 heteroatoms. The Morgan fingerprint density at radius 1 is 0.532 bits per heavy atom. The number of nitrogens with zero attached hydrogens (tertiary/aromatic N) is 11. The van der Waals surface area contributed by atoms with Crippen LogP contribution in [0.4, 0.5) is 34.9 Å². The number of benzene rings is 3. The number of aromatic nitrogens is 8. The molecule has 0 saturated carbocycles. The molecule has 3 aliphatic heterocycles. The van der Waals surface area contributed by atoms with Crippen LogP contribution < -0.4 is 49.1 Å². The fraction of sp³-hybridized carbons (Fsp3) is 0.358. The van der Waals surface area contributed by atoms with E-state index in [0.29, 0.717) is 114 Å². The van der Waals surface area contributed by atoms with Crippen LogP contribution in [0.1, 0.15) is 51.6 Å². The number of hydrogen-bond acceptors (Lipinski definition) is 18. The molecule has 2 unspecified atom stereocenters. The lowest BCUT2D eigenvalue weighted by Crippen LogP contribution is -2.59. The molecule has 10 rings (SSSR count). The first-order valence-corrected chi connectivity index (χ1v) is 27.1. The lowest BCUT2D eigenvalue weighted by atomic mass is 9.76. The van der Waals surface area contributed by atoms with E-state index < -0.39 is 11.6 Å². The smallest absolute Gasteiger partial charge is 0.152 e. The summed E-state index contributed by atoms with van der Waals surface area (Å²) in [5.74, 6) is 3.04. The van der Waals surface area contributed by atoms with Crippen LogP contribution in [0.25, 0.3) is 33.8 Å². The zero-order chi connectivity index (χ0) is 55.2. The van der Waals surface area contributed by atoms with Crippen molar-refractivity contribution in [2.24, 2.45) is 22.6 Å². The van der Waals surface area contributed by atoms with Gasteiger partial charge in [-0.3, -0.25) is 9.97 Å². The maximum atomic E-state index is 10.2. The Hall–Kier alpha value is -5.64. The molecular formula is C53H61Cl6N17O. The van der Waals surface area contributed by atoms with E-state index in [9.17, 15) is 5.11 Å². The van der Waals surface area contributed by atoms with Gasteiger partial charge in [-0.25, -0.2) is 29.9 Å². The number of β-amino-alcohol motifs (C(OH)–C–C–N with tert-alkyl or cyclic N) is 1. The summed E-state index contributed by atoms with van der Waals surface area (Å²) in [4.78, 5) is 41.9. The molecule has 4 aromatic heterocycles. The van der Waals surface area contributed by atoms with Crippen molar-refractivity contribution in [1.29, 1.82) is 0 Å². The molecule has 18 nitrogen and oxygen atoms in total. The zero-order valence-corrected chi connectivity index (χ0v) is 47.1. The summed E-state index contributed by atoms with van der Waals surface area (Å²) in [5, 5.41) is 12.7. The van der Waals surface area contributed by atoms with Gasteiger partial charge in [0.15, 0.2) is 17.5 Å². The Morgan fingerprint density at radius 2 is 0.935 bits per heavy atom.